The van der Waals surface area contributed by atoms with E-state index in [1.54, 1.807) is 18.2 Å². The van der Waals surface area contributed by atoms with Crippen LogP contribution < -0.4 is 14.2 Å². The summed E-state index contributed by atoms with van der Waals surface area (Å²) < 4.78 is 79.8. The molecule has 0 atom stereocenters. The molecule has 12 heteroatoms. The molecule has 0 spiro atoms. The normalized spacial score (nSPS) is 12.0. The topological polar surface area (TPSA) is 82.4 Å². The summed E-state index contributed by atoms with van der Waals surface area (Å²) in [7, 11) is -1.56. The van der Waals surface area contributed by atoms with Crippen molar-refractivity contribution in [2.75, 3.05) is 11.8 Å². The van der Waals surface area contributed by atoms with Crippen LogP contribution in [0, 0.1) is 6.92 Å². The molecule has 0 unspecified atom stereocenters. The van der Waals surface area contributed by atoms with Crippen molar-refractivity contribution in [3.05, 3.63) is 58.9 Å². The Kier molecular flexibility index (Phi) is 6.10. The van der Waals surface area contributed by atoms with E-state index in [-0.39, 0.29) is 27.2 Å². The first kappa shape index (κ1) is 22.8. The van der Waals surface area contributed by atoms with Gasteiger partial charge in [-0.05, 0) is 37.3 Å². The molecule has 2 aromatic carbocycles. The fraction of sp³-hybridized carbons (Fsp3) is 0.211. The van der Waals surface area contributed by atoms with Crippen molar-refractivity contribution in [3.8, 4) is 17.2 Å². The van der Waals surface area contributed by atoms with E-state index in [2.05, 4.69) is 9.82 Å². The highest BCUT2D eigenvalue weighted by molar-refractivity contribution is 7.92. The van der Waals surface area contributed by atoms with Crippen LogP contribution in [0.2, 0.25) is 5.15 Å². The van der Waals surface area contributed by atoms with Gasteiger partial charge in [0.05, 0.1) is 24.1 Å². The van der Waals surface area contributed by atoms with E-state index in [0.717, 1.165) is 16.8 Å². The lowest BCUT2D eigenvalue weighted by molar-refractivity contribution is -0.137. The quantitative estimate of drug-likeness (QED) is 0.542. The molecule has 0 radical (unpaired) electrons. The van der Waals surface area contributed by atoms with Crippen LogP contribution in [0.5, 0.6) is 17.2 Å². The zero-order chi connectivity index (χ0) is 23.0. The average Bonchev–Trinajstić information content (AvgIpc) is 2.94. The molecule has 166 valence electrons. The summed E-state index contributed by atoms with van der Waals surface area (Å²) in [4.78, 5) is -0.350. The summed E-state index contributed by atoms with van der Waals surface area (Å²) in [6.45, 7) is 1.42. The van der Waals surface area contributed by atoms with Gasteiger partial charge >= 0.3 is 6.18 Å². The zero-order valence-electron chi connectivity index (χ0n) is 16.5. The number of aromatic nitrogens is 2. The number of aryl methyl sites for hydroxylation is 2. The molecule has 0 fully saturated rings. The van der Waals surface area contributed by atoms with Crippen molar-refractivity contribution in [1.29, 1.82) is 0 Å². The molecule has 0 amide bonds. The van der Waals surface area contributed by atoms with Crippen molar-refractivity contribution in [2.24, 2.45) is 7.05 Å². The first-order chi connectivity index (χ1) is 14.4. The van der Waals surface area contributed by atoms with Crippen LogP contribution in [0.3, 0.4) is 0 Å². The second kappa shape index (κ2) is 8.31. The van der Waals surface area contributed by atoms with Crippen LogP contribution in [-0.4, -0.2) is 25.3 Å². The molecule has 0 saturated carbocycles. The molecule has 1 aromatic heterocycles. The van der Waals surface area contributed by atoms with E-state index in [4.69, 9.17) is 21.1 Å². The minimum Gasteiger partial charge on any atom is -0.493 e. The molecule has 1 heterocycles. The van der Waals surface area contributed by atoms with Gasteiger partial charge in [0.2, 0.25) is 0 Å². The number of hydrogen-bond donors (Lipinski definition) is 1. The van der Waals surface area contributed by atoms with Crippen LogP contribution in [0.1, 0.15) is 11.3 Å². The highest BCUT2D eigenvalue weighted by Crippen LogP contribution is 2.40. The Labute approximate surface area is 181 Å². The summed E-state index contributed by atoms with van der Waals surface area (Å²) in [6, 6.07) is 8.86. The van der Waals surface area contributed by atoms with E-state index < -0.39 is 27.5 Å². The maximum absolute atomic E-state index is 13.3. The predicted octanol–water partition coefficient (Wildman–Crippen LogP) is 5.00. The first-order valence-corrected chi connectivity index (χ1v) is 10.5. The number of nitrogens with zero attached hydrogens (tertiary/aromatic N) is 2. The van der Waals surface area contributed by atoms with E-state index in [1.807, 2.05) is 0 Å². The molecule has 0 aliphatic rings. The van der Waals surface area contributed by atoms with Crippen LogP contribution in [0.25, 0.3) is 0 Å². The van der Waals surface area contributed by atoms with Gasteiger partial charge in [-0.3, -0.25) is 9.40 Å². The van der Waals surface area contributed by atoms with Gasteiger partial charge in [0.25, 0.3) is 10.0 Å². The van der Waals surface area contributed by atoms with Gasteiger partial charge in [-0.2, -0.15) is 18.3 Å². The third-order valence-electron chi connectivity index (χ3n) is 4.21. The third kappa shape index (κ3) is 4.72. The monoisotopic (exact) mass is 475 g/mol. The molecule has 0 aliphatic heterocycles. The number of methoxy groups -OCH3 is 1. The van der Waals surface area contributed by atoms with E-state index in [0.29, 0.717) is 11.8 Å². The fourth-order valence-electron chi connectivity index (χ4n) is 2.81. The molecule has 0 bridgehead atoms. The Morgan fingerprint density at radius 2 is 1.74 bits per heavy atom. The Balaban J connectivity index is 2.10. The van der Waals surface area contributed by atoms with Crippen molar-refractivity contribution in [3.63, 3.8) is 0 Å². The van der Waals surface area contributed by atoms with Gasteiger partial charge < -0.3 is 9.47 Å². The second-order valence-corrected chi connectivity index (χ2v) is 8.37. The average molecular weight is 476 g/mol. The summed E-state index contributed by atoms with van der Waals surface area (Å²) in [6.07, 6.45) is -4.70. The highest BCUT2D eigenvalue weighted by Gasteiger charge is 2.33. The summed E-state index contributed by atoms with van der Waals surface area (Å²) in [5.41, 5.74) is -1.41. The largest absolute Gasteiger partial charge is 0.493 e. The molecule has 3 rings (SSSR count). The Morgan fingerprint density at radius 3 is 2.29 bits per heavy atom. The molecule has 0 aliphatic carbocycles. The van der Waals surface area contributed by atoms with Crippen LogP contribution in [0.4, 0.5) is 18.9 Å². The fourth-order valence-corrected chi connectivity index (χ4v) is 4.62. The lowest BCUT2D eigenvalue weighted by atomic mass is 10.2. The van der Waals surface area contributed by atoms with Gasteiger partial charge in [-0.1, -0.05) is 23.7 Å². The Bertz CT molecular complexity index is 1230. The van der Waals surface area contributed by atoms with E-state index >= 15 is 0 Å². The number of hydrogen-bond acceptors (Lipinski definition) is 5. The molecule has 7 nitrogen and oxygen atoms in total. The minimum atomic E-state index is -4.70. The minimum absolute atomic E-state index is 0.0826. The van der Waals surface area contributed by atoms with Crippen molar-refractivity contribution >= 4 is 27.3 Å². The summed E-state index contributed by atoms with van der Waals surface area (Å²) in [5.74, 6) is 0.321. The van der Waals surface area contributed by atoms with Crippen LogP contribution in [-0.2, 0) is 23.2 Å². The van der Waals surface area contributed by atoms with Gasteiger partial charge in [-0.15, -0.1) is 0 Å². The second-order valence-electron chi connectivity index (χ2n) is 6.40. The van der Waals surface area contributed by atoms with E-state index in [1.165, 1.54) is 27.1 Å². The number of anilines is 1. The summed E-state index contributed by atoms with van der Waals surface area (Å²) >= 11 is 6.03. The molecule has 1 N–H and O–H groups in total. The van der Waals surface area contributed by atoms with E-state index in [9.17, 15) is 21.6 Å². The highest BCUT2D eigenvalue weighted by atomic mass is 35.5. The molecule has 0 saturated heterocycles. The van der Waals surface area contributed by atoms with Crippen molar-refractivity contribution in [2.45, 2.75) is 18.0 Å². The number of rotatable bonds is 6. The number of sulfonamides is 1. The number of ether oxygens (including phenoxy) is 2. The molecular weight excluding hydrogens is 459 g/mol. The standard InChI is InChI=1S/C19H17ClF3N3O4S/c1-11-17(18(20)26(2)24-11)31(27,28)25-13-10-12(19(21,22)23)8-9-14(13)30-16-7-5-4-6-15(16)29-3/h4-10,25H,1-3H3. The number of para-hydroxylation sites is 2. The third-order valence-corrected chi connectivity index (χ3v) is 6.27. The number of halogens is 4. The van der Waals surface area contributed by atoms with Crippen LogP contribution in [0.15, 0.2) is 47.4 Å². The van der Waals surface area contributed by atoms with Crippen LogP contribution >= 0.6 is 11.6 Å². The number of alkyl halides is 3. The van der Waals surface area contributed by atoms with Crippen molar-refractivity contribution in [1.82, 2.24) is 9.78 Å². The van der Waals surface area contributed by atoms with Gasteiger partial charge in [0.15, 0.2) is 17.2 Å². The maximum Gasteiger partial charge on any atom is 0.416 e. The SMILES string of the molecule is COc1ccccc1Oc1ccc(C(F)(F)F)cc1NS(=O)(=O)c1c(C)nn(C)c1Cl. The number of benzene rings is 2. The number of nitrogens with one attached hydrogen (secondary N) is 1. The molecular formula is C19H17ClF3N3O4S. The smallest absolute Gasteiger partial charge is 0.416 e. The maximum atomic E-state index is 13.3. The van der Waals surface area contributed by atoms with Crippen molar-refractivity contribution < 1.29 is 31.1 Å². The predicted molar refractivity (Wildman–Crippen MR) is 108 cm³/mol. The zero-order valence-corrected chi connectivity index (χ0v) is 18.1. The lowest BCUT2D eigenvalue weighted by Crippen LogP contribution is -2.16. The Morgan fingerprint density at radius 1 is 1.10 bits per heavy atom. The van der Waals surface area contributed by atoms with Gasteiger partial charge in [0.1, 0.15) is 10.0 Å². The summed E-state index contributed by atoms with van der Waals surface area (Å²) in [5, 5.41) is 3.74. The molecule has 31 heavy (non-hydrogen) atoms. The Hall–Kier alpha value is -2.92. The van der Waals surface area contributed by atoms with Gasteiger partial charge in [0, 0.05) is 7.05 Å². The van der Waals surface area contributed by atoms with Gasteiger partial charge in [-0.25, -0.2) is 8.42 Å². The lowest BCUT2D eigenvalue weighted by Gasteiger charge is -2.17. The first-order valence-electron chi connectivity index (χ1n) is 8.68. The molecule has 3 aromatic rings.